The minimum absolute atomic E-state index is 0.0324. The third kappa shape index (κ3) is 0.971. The fourth-order valence-electron chi connectivity index (χ4n) is 0.839. The first-order chi connectivity index (χ1) is 5.59. The highest BCUT2D eigenvalue weighted by Crippen LogP contribution is 2.15. The summed E-state index contributed by atoms with van der Waals surface area (Å²) in [6.45, 7) is 0. The standard InChI is InChI=1S/C6H6BN3O2/c7-10-5(11)3(1-2-8)4(9)6(10)12/h1-2H,8-9H2/b2-1-. The zero-order chi connectivity index (χ0) is 9.30. The molecular weight excluding hydrogens is 157 g/mol. The van der Waals surface area contributed by atoms with Gasteiger partial charge in [-0.1, -0.05) is 0 Å². The second-order valence-electron chi connectivity index (χ2n) is 2.17. The third-order valence-corrected chi connectivity index (χ3v) is 1.45. The van der Waals surface area contributed by atoms with Crippen LogP contribution >= 0.6 is 0 Å². The maximum atomic E-state index is 11.1. The first-order valence-electron chi connectivity index (χ1n) is 3.11. The van der Waals surface area contributed by atoms with Crippen LogP contribution in [-0.2, 0) is 9.59 Å². The van der Waals surface area contributed by atoms with Gasteiger partial charge in [0.2, 0.25) is 13.9 Å². The molecule has 0 spiro atoms. The molecule has 0 fully saturated rings. The molecule has 0 aliphatic carbocycles. The Morgan fingerprint density at radius 2 is 1.92 bits per heavy atom. The number of rotatable bonds is 1. The molecule has 0 aromatic heterocycles. The van der Waals surface area contributed by atoms with Crippen LogP contribution in [0.1, 0.15) is 0 Å². The summed E-state index contributed by atoms with van der Waals surface area (Å²) in [7, 11) is 5.07. The van der Waals surface area contributed by atoms with Crippen molar-refractivity contribution in [2.75, 3.05) is 0 Å². The summed E-state index contributed by atoms with van der Waals surface area (Å²) < 4.78 is 0. The molecule has 5 nitrogen and oxygen atoms in total. The van der Waals surface area contributed by atoms with Crippen molar-refractivity contribution in [3.05, 3.63) is 23.5 Å². The number of imide groups is 1. The second kappa shape index (κ2) is 2.73. The summed E-state index contributed by atoms with van der Waals surface area (Å²) in [6.07, 6.45) is 2.36. The molecule has 1 aliphatic rings. The van der Waals surface area contributed by atoms with Crippen molar-refractivity contribution in [3.8, 4) is 0 Å². The summed E-state index contributed by atoms with van der Waals surface area (Å²) >= 11 is 0. The topological polar surface area (TPSA) is 89.4 Å². The number of hydrogen-bond acceptors (Lipinski definition) is 4. The average Bonchev–Trinajstić information content (AvgIpc) is 2.23. The molecule has 0 aromatic rings. The van der Waals surface area contributed by atoms with E-state index in [2.05, 4.69) is 0 Å². The van der Waals surface area contributed by atoms with Crippen molar-refractivity contribution >= 4 is 19.8 Å². The van der Waals surface area contributed by atoms with Crippen molar-refractivity contribution in [2.24, 2.45) is 11.5 Å². The molecule has 0 saturated carbocycles. The fourth-order valence-corrected chi connectivity index (χ4v) is 0.839. The Morgan fingerprint density at radius 3 is 2.25 bits per heavy atom. The van der Waals surface area contributed by atoms with Crippen LogP contribution in [0.15, 0.2) is 23.5 Å². The molecule has 2 amide bonds. The van der Waals surface area contributed by atoms with E-state index in [-0.39, 0.29) is 11.3 Å². The van der Waals surface area contributed by atoms with Gasteiger partial charge in [0.25, 0.3) is 5.91 Å². The molecule has 1 rings (SSSR count). The van der Waals surface area contributed by atoms with E-state index in [4.69, 9.17) is 19.4 Å². The molecular formula is C6H6BN3O2. The Bertz CT molecular complexity index is 308. The molecule has 0 saturated heterocycles. The van der Waals surface area contributed by atoms with Gasteiger partial charge in [0, 0.05) is 0 Å². The number of nitrogens with zero attached hydrogens (tertiary/aromatic N) is 1. The van der Waals surface area contributed by atoms with E-state index >= 15 is 0 Å². The molecule has 12 heavy (non-hydrogen) atoms. The summed E-state index contributed by atoms with van der Waals surface area (Å²) in [6, 6.07) is 0. The lowest BCUT2D eigenvalue weighted by Gasteiger charge is -2.04. The third-order valence-electron chi connectivity index (χ3n) is 1.45. The first kappa shape index (κ1) is 8.38. The van der Waals surface area contributed by atoms with Gasteiger partial charge in [-0.05, 0) is 12.3 Å². The van der Waals surface area contributed by atoms with E-state index in [1.807, 2.05) is 0 Å². The van der Waals surface area contributed by atoms with Crippen LogP contribution in [-0.4, -0.2) is 24.6 Å². The number of hydrogen-bond donors (Lipinski definition) is 2. The monoisotopic (exact) mass is 163 g/mol. The lowest BCUT2D eigenvalue weighted by molar-refractivity contribution is -0.131. The van der Waals surface area contributed by atoms with Crippen LogP contribution in [0.2, 0.25) is 0 Å². The average molecular weight is 163 g/mol. The van der Waals surface area contributed by atoms with Gasteiger partial charge in [0.1, 0.15) is 5.70 Å². The molecule has 0 unspecified atom stereocenters. The lowest BCUT2D eigenvalue weighted by Crippen LogP contribution is -2.29. The Kier molecular flexibility index (Phi) is 1.91. The van der Waals surface area contributed by atoms with Gasteiger partial charge in [-0.3, -0.25) is 9.59 Å². The largest absolute Gasteiger partial charge is 0.405 e. The molecule has 6 heteroatoms. The maximum Gasteiger partial charge on any atom is 0.264 e. The molecule has 4 N–H and O–H groups in total. The van der Waals surface area contributed by atoms with Crippen LogP contribution in [0.5, 0.6) is 0 Å². The zero-order valence-electron chi connectivity index (χ0n) is 6.15. The van der Waals surface area contributed by atoms with Crippen molar-refractivity contribution in [3.63, 3.8) is 0 Å². The van der Waals surface area contributed by atoms with E-state index < -0.39 is 11.8 Å². The Balaban J connectivity index is 3.13. The smallest absolute Gasteiger partial charge is 0.264 e. The van der Waals surface area contributed by atoms with Crippen LogP contribution < -0.4 is 11.5 Å². The normalized spacial score (nSPS) is 18.5. The lowest BCUT2D eigenvalue weighted by atomic mass is 10.2. The van der Waals surface area contributed by atoms with Gasteiger partial charge < -0.3 is 16.3 Å². The minimum Gasteiger partial charge on any atom is -0.405 e. The van der Waals surface area contributed by atoms with Crippen LogP contribution in [0.25, 0.3) is 0 Å². The van der Waals surface area contributed by atoms with Gasteiger partial charge in [-0.2, -0.15) is 0 Å². The fraction of sp³-hybridized carbons (Fsp3) is 0. The van der Waals surface area contributed by atoms with Gasteiger partial charge in [-0.15, -0.1) is 0 Å². The summed E-state index contributed by atoms with van der Waals surface area (Å²) in [5.41, 5.74) is 10.2. The summed E-state index contributed by atoms with van der Waals surface area (Å²) in [4.78, 5) is 22.4. The Labute approximate surface area is 70.1 Å². The predicted octanol–water partition coefficient (Wildman–Crippen LogP) is -1.88. The van der Waals surface area contributed by atoms with E-state index in [1.165, 1.54) is 6.08 Å². The Hall–Kier alpha value is -1.72. The number of amides is 2. The second-order valence-corrected chi connectivity index (χ2v) is 2.17. The molecule has 2 radical (unpaired) electrons. The Morgan fingerprint density at radius 1 is 1.33 bits per heavy atom. The highest BCUT2D eigenvalue weighted by molar-refractivity contribution is 6.35. The molecule has 0 atom stereocenters. The molecule has 1 heterocycles. The van der Waals surface area contributed by atoms with Crippen molar-refractivity contribution in [2.45, 2.75) is 0 Å². The number of carbonyl (C=O) groups is 2. The highest BCUT2D eigenvalue weighted by atomic mass is 16.2. The first-order valence-corrected chi connectivity index (χ1v) is 3.11. The van der Waals surface area contributed by atoms with E-state index in [0.29, 0.717) is 4.81 Å². The van der Waals surface area contributed by atoms with Crippen molar-refractivity contribution in [1.82, 2.24) is 4.81 Å². The SMILES string of the molecule is [B]N1C(=O)C(N)=C(/C=C\N)C1=O. The van der Waals surface area contributed by atoms with E-state index in [0.717, 1.165) is 6.20 Å². The van der Waals surface area contributed by atoms with Gasteiger partial charge in [0.05, 0.1) is 5.57 Å². The zero-order valence-corrected chi connectivity index (χ0v) is 6.15. The minimum atomic E-state index is -0.701. The van der Waals surface area contributed by atoms with Crippen molar-refractivity contribution < 1.29 is 9.59 Å². The van der Waals surface area contributed by atoms with Gasteiger partial charge in [-0.25, -0.2) is 0 Å². The van der Waals surface area contributed by atoms with Gasteiger partial charge >= 0.3 is 0 Å². The molecule has 60 valence electrons. The molecule has 0 bridgehead atoms. The summed E-state index contributed by atoms with van der Waals surface area (Å²) in [5.74, 6) is -1.34. The van der Waals surface area contributed by atoms with E-state index in [9.17, 15) is 9.59 Å². The van der Waals surface area contributed by atoms with Crippen LogP contribution in [0, 0.1) is 0 Å². The maximum absolute atomic E-state index is 11.1. The molecule has 0 aromatic carbocycles. The number of carbonyl (C=O) groups excluding carboxylic acids is 2. The predicted molar refractivity (Wildman–Crippen MR) is 42.1 cm³/mol. The highest BCUT2D eigenvalue weighted by Gasteiger charge is 2.31. The molecule has 1 aliphatic heterocycles. The van der Waals surface area contributed by atoms with Crippen molar-refractivity contribution in [1.29, 1.82) is 0 Å². The van der Waals surface area contributed by atoms with Crippen LogP contribution in [0.4, 0.5) is 0 Å². The number of nitrogens with two attached hydrogens (primary N) is 2. The van der Waals surface area contributed by atoms with Gasteiger partial charge in [0.15, 0.2) is 0 Å². The van der Waals surface area contributed by atoms with Crippen LogP contribution in [0.3, 0.4) is 0 Å². The van der Waals surface area contributed by atoms with E-state index in [1.54, 1.807) is 0 Å². The quantitative estimate of drug-likeness (QED) is 0.349. The summed E-state index contributed by atoms with van der Waals surface area (Å²) in [5, 5.41) is 0.